The summed E-state index contributed by atoms with van der Waals surface area (Å²) in [6.45, 7) is 1.46. The molecular formula is C13H16O5S. The van der Waals surface area contributed by atoms with Gasteiger partial charge < -0.3 is 9.47 Å². The summed E-state index contributed by atoms with van der Waals surface area (Å²) in [6.07, 6.45) is 0.0941. The van der Waals surface area contributed by atoms with E-state index in [9.17, 15) is 13.2 Å². The molecule has 1 heterocycles. The standard InChI is InChI=1S/C13H16O5S/c1-9(14)10-3-4-12(17-2)13(7-10)18-11-5-6-19(15,16)8-11/h3-4,7,11H,5-6,8H2,1-2H3. The van der Waals surface area contributed by atoms with Crippen LogP contribution in [0, 0.1) is 0 Å². The van der Waals surface area contributed by atoms with E-state index in [2.05, 4.69) is 0 Å². The second-order valence-corrected chi connectivity index (χ2v) is 6.79. The second-order valence-electron chi connectivity index (χ2n) is 4.56. The van der Waals surface area contributed by atoms with E-state index in [-0.39, 0.29) is 23.4 Å². The third kappa shape index (κ3) is 3.26. The van der Waals surface area contributed by atoms with Crippen LogP contribution < -0.4 is 9.47 Å². The second kappa shape index (κ2) is 5.21. The summed E-state index contributed by atoms with van der Waals surface area (Å²) in [7, 11) is -1.49. The molecule has 0 amide bonds. The summed E-state index contributed by atoms with van der Waals surface area (Å²) in [6, 6.07) is 4.89. The van der Waals surface area contributed by atoms with E-state index in [0.717, 1.165) is 0 Å². The van der Waals surface area contributed by atoms with Gasteiger partial charge in [0.2, 0.25) is 0 Å². The minimum atomic E-state index is -2.99. The summed E-state index contributed by atoms with van der Waals surface area (Å²) in [5.74, 6) is 0.991. The molecule has 1 aromatic carbocycles. The molecule has 1 saturated heterocycles. The number of methoxy groups -OCH3 is 1. The fourth-order valence-electron chi connectivity index (χ4n) is 2.02. The van der Waals surface area contributed by atoms with Gasteiger partial charge in [-0.2, -0.15) is 0 Å². The van der Waals surface area contributed by atoms with E-state index in [4.69, 9.17) is 9.47 Å². The molecule has 6 heteroatoms. The molecule has 0 saturated carbocycles. The van der Waals surface area contributed by atoms with Crippen molar-refractivity contribution in [3.63, 3.8) is 0 Å². The Morgan fingerprint density at radius 1 is 1.32 bits per heavy atom. The summed E-state index contributed by atoms with van der Waals surface area (Å²) >= 11 is 0. The minimum absolute atomic E-state index is 0.0143. The molecule has 1 atom stereocenters. The lowest BCUT2D eigenvalue weighted by Crippen LogP contribution is -2.18. The normalized spacial score (nSPS) is 21.1. The Morgan fingerprint density at radius 2 is 2.05 bits per heavy atom. The molecule has 5 nitrogen and oxygen atoms in total. The molecule has 0 bridgehead atoms. The molecule has 1 aliphatic rings. The number of carbonyl (C=O) groups is 1. The lowest BCUT2D eigenvalue weighted by Gasteiger charge is -2.15. The number of sulfone groups is 1. The first-order chi connectivity index (χ1) is 8.91. The zero-order valence-corrected chi connectivity index (χ0v) is 11.7. The fraction of sp³-hybridized carbons (Fsp3) is 0.462. The third-order valence-corrected chi connectivity index (χ3v) is 4.79. The number of benzene rings is 1. The molecule has 0 spiro atoms. The molecular weight excluding hydrogens is 268 g/mol. The van der Waals surface area contributed by atoms with Crippen molar-refractivity contribution in [2.75, 3.05) is 18.6 Å². The van der Waals surface area contributed by atoms with E-state index >= 15 is 0 Å². The van der Waals surface area contributed by atoms with Crippen molar-refractivity contribution in [1.29, 1.82) is 0 Å². The number of carbonyl (C=O) groups excluding carboxylic acids is 1. The van der Waals surface area contributed by atoms with Gasteiger partial charge in [0, 0.05) is 5.56 Å². The van der Waals surface area contributed by atoms with Crippen LogP contribution in [0.4, 0.5) is 0 Å². The van der Waals surface area contributed by atoms with Crippen LogP contribution in [0.2, 0.25) is 0 Å². The first kappa shape index (κ1) is 13.9. The maximum Gasteiger partial charge on any atom is 0.162 e. The highest BCUT2D eigenvalue weighted by atomic mass is 32.2. The van der Waals surface area contributed by atoms with Crippen LogP contribution in [0.15, 0.2) is 18.2 Å². The van der Waals surface area contributed by atoms with Crippen molar-refractivity contribution >= 4 is 15.6 Å². The molecule has 0 N–H and O–H groups in total. The maximum atomic E-state index is 11.4. The van der Waals surface area contributed by atoms with Crippen LogP contribution in [-0.2, 0) is 9.84 Å². The van der Waals surface area contributed by atoms with Gasteiger partial charge in [-0.1, -0.05) is 0 Å². The molecule has 2 rings (SSSR count). The summed E-state index contributed by atoms with van der Waals surface area (Å²) < 4.78 is 33.6. The average molecular weight is 284 g/mol. The third-order valence-electron chi connectivity index (χ3n) is 3.05. The van der Waals surface area contributed by atoms with Gasteiger partial charge in [-0.05, 0) is 31.5 Å². The van der Waals surface area contributed by atoms with Gasteiger partial charge in [0.15, 0.2) is 27.1 Å². The van der Waals surface area contributed by atoms with E-state index < -0.39 is 9.84 Å². The average Bonchev–Trinajstić information content (AvgIpc) is 2.68. The maximum absolute atomic E-state index is 11.4. The van der Waals surface area contributed by atoms with Crippen molar-refractivity contribution in [3.05, 3.63) is 23.8 Å². The number of rotatable bonds is 4. The van der Waals surface area contributed by atoms with Gasteiger partial charge in [-0.25, -0.2) is 8.42 Å². The SMILES string of the molecule is COc1ccc(C(C)=O)cc1OC1CCS(=O)(=O)C1. The Labute approximate surface area is 112 Å². The van der Waals surface area contributed by atoms with Crippen LogP contribution in [0.3, 0.4) is 0 Å². The quantitative estimate of drug-likeness (QED) is 0.783. The van der Waals surface area contributed by atoms with Gasteiger partial charge in [-0.15, -0.1) is 0 Å². The van der Waals surface area contributed by atoms with Gasteiger partial charge in [-0.3, -0.25) is 4.79 Å². The highest BCUT2D eigenvalue weighted by Crippen LogP contribution is 2.31. The van der Waals surface area contributed by atoms with Crippen LogP contribution in [0.5, 0.6) is 11.5 Å². The van der Waals surface area contributed by atoms with E-state index in [1.165, 1.54) is 14.0 Å². The van der Waals surface area contributed by atoms with Gasteiger partial charge in [0.05, 0.1) is 18.6 Å². The molecule has 104 valence electrons. The minimum Gasteiger partial charge on any atom is -0.493 e. The Bertz CT molecular complexity index is 591. The van der Waals surface area contributed by atoms with Crippen molar-refractivity contribution in [1.82, 2.24) is 0 Å². The van der Waals surface area contributed by atoms with Gasteiger partial charge in [0.1, 0.15) is 6.10 Å². The van der Waals surface area contributed by atoms with Crippen LogP contribution in [-0.4, -0.2) is 38.9 Å². The van der Waals surface area contributed by atoms with E-state index in [0.29, 0.717) is 23.5 Å². The predicted molar refractivity (Wildman–Crippen MR) is 70.7 cm³/mol. The molecule has 1 aliphatic heterocycles. The number of Topliss-reactive ketones (excluding diaryl/α,β-unsaturated/α-hetero) is 1. The van der Waals surface area contributed by atoms with Crippen molar-refractivity contribution in [2.45, 2.75) is 19.4 Å². The number of ketones is 1. The zero-order chi connectivity index (χ0) is 14.0. The lowest BCUT2D eigenvalue weighted by molar-refractivity contribution is 0.101. The van der Waals surface area contributed by atoms with Gasteiger partial charge >= 0.3 is 0 Å². The monoisotopic (exact) mass is 284 g/mol. The first-order valence-electron chi connectivity index (χ1n) is 5.97. The highest BCUT2D eigenvalue weighted by Gasteiger charge is 2.30. The highest BCUT2D eigenvalue weighted by molar-refractivity contribution is 7.91. The molecule has 1 unspecified atom stereocenters. The van der Waals surface area contributed by atoms with Crippen molar-refractivity contribution in [2.24, 2.45) is 0 Å². The van der Waals surface area contributed by atoms with Crippen LogP contribution >= 0.6 is 0 Å². The topological polar surface area (TPSA) is 69.7 Å². The Hall–Kier alpha value is -1.56. The first-order valence-corrected chi connectivity index (χ1v) is 7.79. The zero-order valence-electron chi connectivity index (χ0n) is 10.9. The largest absolute Gasteiger partial charge is 0.493 e. The van der Waals surface area contributed by atoms with E-state index in [1.54, 1.807) is 18.2 Å². The van der Waals surface area contributed by atoms with Crippen molar-refractivity contribution < 1.29 is 22.7 Å². The predicted octanol–water partition coefficient (Wildman–Crippen LogP) is 1.46. The lowest BCUT2D eigenvalue weighted by atomic mass is 10.1. The molecule has 0 aromatic heterocycles. The summed E-state index contributed by atoms with van der Waals surface area (Å²) in [5.41, 5.74) is 0.511. The Balaban J connectivity index is 2.23. The molecule has 0 radical (unpaired) electrons. The van der Waals surface area contributed by atoms with Crippen molar-refractivity contribution in [3.8, 4) is 11.5 Å². The smallest absolute Gasteiger partial charge is 0.162 e. The number of ether oxygens (including phenoxy) is 2. The molecule has 1 aromatic rings. The molecule has 1 fully saturated rings. The van der Waals surface area contributed by atoms with Crippen LogP contribution in [0.1, 0.15) is 23.7 Å². The number of hydrogen-bond acceptors (Lipinski definition) is 5. The Morgan fingerprint density at radius 3 is 2.58 bits per heavy atom. The van der Waals surface area contributed by atoms with Crippen LogP contribution in [0.25, 0.3) is 0 Å². The summed E-state index contributed by atoms with van der Waals surface area (Å²) in [5, 5.41) is 0. The fourth-order valence-corrected chi connectivity index (χ4v) is 3.61. The Kier molecular flexibility index (Phi) is 3.80. The molecule has 0 aliphatic carbocycles. The molecule has 19 heavy (non-hydrogen) atoms. The summed E-state index contributed by atoms with van der Waals surface area (Å²) in [4.78, 5) is 11.3. The number of hydrogen-bond donors (Lipinski definition) is 0. The van der Waals surface area contributed by atoms with E-state index in [1.807, 2.05) is 0 Å². The van der Waals surface area contributed by atoms with Gasteiger partial charge in [0.25, 0.3) is 0 Å².